The van der Waals surface area contributed by atoms with Gasteiger partial charge in [-0.05, 0) is 49.4 Å². The molecule has 0 fully saturated rings. The molecule has 2 aromatic heterocycles. The normalized spacial score (nSPS) is 14.8. The highest BCUT2D eigenvalue weighted by molar-refractivity contribution is 5.94. The van der Waals surface area contributed by atoms with Crippen molar-refractivity contribution in [3.63, 3.8) is 0 Å². The van der Waals surface area contributed by atoms with Crippen LogP contribution in [-0.2, 0) is 19.4 Å². The second-order valence-corrected chi connectivity index (χ2v) is 7.73. The lowest BCUT2D eigenvalue weighted by atomic mass is 10.2. The van der Waals surface area contributed by atoms with E-state index in [0.29, 0.717) is 18.5 Å². The molecule has 1 aromatic carbocycles. The number of amides is 1. The Morgan fingerprint density at radius 1 is 1.19 bits per heavy atom. The van der Waals surface area contributed by atoms with E-state index < -0.39 is 0 Å². The minimum atomic E-state index is -0.358. The van der Waals surface area contributed by atoms with Gasteiger partial charge in [0.05, 0.1) is 6.26 Å². The third kappa shape index (κ3) is 5.46. The zero-order valence-corrected chi connectivity index (χ0v) is 17.6. The molecule has 0 aliphatic carbocycles. The summed E-state index contributed by atoms with van der Waals surface area (Å²) < 4.78 is 20.6. The summed E-state index contributed by atoms with van der Waals surface area (Å²) in [6.45, 7) is 6.08. The van der Waals surface area contributed by atoms with Crippen LogP contribution in [0.2, 0.25) is 0 Å². The van der Waals surface area contributed by atoms with Crippen molar-refractivity contribution in [1.29, 1.82) is 0 Å². The van der Waals surface area contributed by atoms with Gasteiger partial charge >= 0.3 is 0 Å². The Bertz CT molecular complexity index is 1040. The van der Waals surface area contributed by atoms with Gasteiger partial charge in [0.1, 0.15) is 23.2 Å². The fourth-order valence-corrected chi connectivity index (χ4v) is 3.78. The van der Waals surface area contributed by atoms with Crippen LogP contribution in [0.3, 0.4) is 0 Å². The molecule has 31 heavy (non-hydrogen) atoms. The number of carbonyl (C=O) groups excluding carboxylic acids is 1. The molecular formula is C23H26FN5O2. The Balaban J connectivity index is 1.29. The van der Waals surface area contributed by atoms with Crippen molar-refractivity contribution in [3.8, 4) is 0 Å². The van der Waals surface area contributed by atoms with Gasteiger partial charge in [0.25, 0.3) is 5.91 Å². The van der Waals surface area contributed by atoms with Crippen LogP contribution >= 0.6 is 0 Å². The predicted molar refractivity (Wildman–Crippen MR) is 115 cm³/mol. The largest absolute Gasteiger partial charge is 0.465 e. The lowest BCUT2D eigenvalue weighted by Crippen LogP contribution is -2.29. The van der Waals surface area contributed by atoms with Crippen LogP contribution < -0.4 is 5.32 Å². The van der Waals surface area contributed by atoms with Crippen LogP contribution in [-0.4, -0.2) is 51.8 Å². The van der Waals surface area contributed by atoms with Crippen LogP contribution in [0.4, 0.5) is 4.39 Å². The Kier molecular flexibility index (Phi) is 6.57. The van der Waals surface area contributed by atoms with E-state index >= 15 is 0 Å². The molecule has 8 heteroatoms. The molecular weight excluding hydrogens is 397 g/mol. The highest BCUT2D eigenvalue weighted by Gasteiger charge is 2.19. The van der Waals surface area contributed by atoms with Gasteiger partial charge in [0.2, 0.25) is 0 Å². The summed E-state index contributed by atoms with van der Waals surface area (Å²) in [6, 6.07) is 9.36. The van der Waals surface area contributed by atoms with Gasteiger partial charge in [-0.1, -0.05) is 5.57 Å². The molecule has 0 radical (unpaired) electrons. The average Bonchev–Trinajstić information content (AvgIpc) is 3.35. The minimum absolute atomic E-state index is 0.222. The molecule has 1 amide bonds. The third-order valence-corrected chi connectivity index (χ3v) is 5.34. The summed E-state index contributed by atoms with van der Waals surface area (Å²) in [4.78, 5) is 14.6. The smallest absolute Gasteiger partial charge is 0.251 e. The van der Waals surface area contributed by atoms with Crippen molar-refractivity contribution in [2.24, 2.45) is 0 Å². The Morgan fingerprint density at radius 3 is 2.81 bits per heavy atom. The van der Waals surface area contributed by atoms with Crippen LogP contribution in [0.25, 0.3) is 6.08 Å². The van der Waals surface area contributed by atoms with Gasteiger partial charge in [-0.25, -0.2) is 4.39 Å². The van der Waals surface area contributed by atoms with Crippen molar-refractivity contribution in [3.05, 3.63) is 77.0 Å². The maximum atomic E-state index is 13.0. The summed E-state index contributed by atoms with van der Waals surface area (Å²) in [6.07, 6.45) is 5.18. The van der Waals surface area contributed by atoms with E-state index in [-0.39, 0.29) is 11.7 Å². The second kappa shape index (κ2) is 9.70. The molecule has 0 saturated heterocycles. The number of rotatable bonds is 7. The molecule has 3 heterocycles. The van der Waals surface area contributed by atoms with E-state index in [9.17, 15) is 9.18 Å². The molecule has 0 saturated carbocycles. The first-order valence-corrected chi connectivity index (χ1v) is 10.5. The van der Waals surface area contributed by atoms with E-state index in [2.05, 4.69) is 38.0 Å². The number of aromatic nitrogens is 3. The minimum Gasteiger partial charge on any atom is -0.465 e. The number of hydrogen-bond acceptors (Lipinski definition) is 5. The summed E-state index contributed by atoms with van der Waals surface area (Å²) in [5.41, 5.74) is 1.69. The van der Waals surface area contributed by atoms with E-state index in [0.717, 1.165) is 50.0 Å². The van der Waals surface area contributed by atoms with Gasteiger partial charge in [0, 0.05) is 51.1 Å². The van der Waals surface area contributed by atoms with E-state index in [1.54, 1.807) is 6.26 Å². The number of nitrogens with zero attached hydrogens (tertiary/aromatic N) is 4. The molecule has 1 N–H and O–H groups in total. The fourth-order valence-electron chi connectivity index (χ4n) is 3.78. The lowest BCUT2D eigenvalue weighted by molar-refractivity contribution is 0.0954. The number of benzene rings is 1. The topological polar surface area (TPSA) is 76.2 Å². The van der Waals surface area contributed by atoms with E-state index in [4.69, 9.17) is 4.42 Å². The first kappa shape index (κ1) is 21.0. The number of carbonyl (C=O) groups is 1. The first-order valence-electron chi connectivity index (χ1n) is 10.5. The number of halogens is 1. The summed E-state index contributed by atoms with van der Waals surface area (Å²) in [5, 5.41) is 11.6. The zero-order chi connectivity index (χ0) is 21.6. The first-order chi connectivity index (χ1) is 15.1. The molecule has 1 aliphatic rings. The molecule has 1 aliphatic heterocycles. The maximum absolute atomic E-state index is 13.0. The van der Waals surface area contributed by atoms with Gasteiger partial charge < -0.3 is 14.3 Å². The molecule has 3 aromatic rings. The van der Waals surface area contributed by atoms with Gasteiger partial charge in [-0.2, -0.15) is 0 Å². The monoisotopic (exact) mass is 423 g/mol. The SMILES string of the molecule is C/C(=C\c1ccco1)CN1CCc2nnc(CCNC(=O)c3ccc(F)cc3)n2CC1. The molecule has 0 spiro atoms. The summed E-state index contributed by atoms with van der Waals surface area (Å²) in [7, 11) is 0. The molecule has 7 nitrogen and oxygen atoms in total. The fraction of sp³-hybridized carbons (Fsp3) is 0.348. The second-order valence-electron chi connectivity index (χ2n) is 7.73. The van der Waals surface area contributed by atoms with Crippen molar-refractivity contribution >= 4 is 12.0 Å². The van der Waals surface area contributed by atoms with Crippen LogP contribution in [0, 0.1) is 5.82 Å². The number of nitrogens with one attached hydrogen (secondary N) is 1. The molecule has 0 atom stereocenters. The summed E-state index contributed by atoms with van der Waals surface area (Å²) in [5.74, 6) is 2.15. The highest BCUT2D eigenvalue weighted by atomic mass is 19.1. The number of furan rings is 1. The quantitative estimate of drug-likeness (QED) is 0.632. The van der Waals surface area contributed by atoms with E-state index in [1.807, 2.05) is 12.1 Å². The van der Waals surface area contributed by atoms with Crippen molar-refractivity contribution in [2.45, 2.75) is 26.3 Å². The van der Waals surface area contributed by atoms with Crippen molar-refractivity contribution in [2.75, 3.05) is 26.2 Å². The lowest BCUT2D eigenvalue weighted by Gasteiger charge is -2.19. The van der Waals surface area contributed by atoms with Gasteiger partial charge in [-0.15, -0.1) is 10.2 Å². The maximum Gasteiger partial charge on any atom is 0.251 e. The zero-order valence-electron chi connectivity index (χ0n) is 17.6. The Hall–Kier alpha value is -3.26. The molecule has 0 bridgehead atoms. The standard InChI is InChI=1S/C23H26FN5O2/c1-17(15-20-3-2-14-31-20)16-28-11-9-22-27-26-21(29(22)13-12-28)8-10-25-23(30)18-4-6-19(24)7-5-18/h2-7,14-15H,8-13,16H2,1H3,(H,25,30)/b17-15+. The Morgan fingerprint density at radius 2 is 2.03 bits per heavy atom. The van der Waals surface area contributed by atoms with Crippen molar-refractivity contribution < 1.29 is 13.6 Å². The number of hydrogen-bond donors (Lipinski definition) is 1. The van der Waals surface area contributed by atoms with Gasteiger partial charge in [-0.3, -0.25) is 9.69 Å². The van der Waals surface area contributed by atoms with Crippen molar-refractivity contribution in [1.82, 2.24) is 25.0 Å². The Labute approximate surface area is 180 Å². The predicted octanol–water partition coefficient (Wildman–Crippen LogP) is 2.94. The molecule has 0 unspecified atom stereocenters. The van der Waals surface area contributed by atoms with Crippen LogP contribution in [0.5, 0.6) is 0 Å². The van der Waals surface area contributed by atoms with Crippen LogP contribution in [0.1, 0.15) is 34.7 Å². The van der Waals surface area contributed by atoms with E-state index in [1.165, 1.54) is 29.8 Å². The third-order valence-electron chi connectivity index (χ3n) is 5.34. The average molecular weight is 423 g/mol. The molecule has 4 rings (SSSR count). The van der Waals surface area contributed by atoms with Crippen LogP contribution in [0.15, 0.2) is 52.7 Å². The molecule has 162 valence electrons. The summed E-state index contributed by atoms with van der Waals surface area (Å²) >= 11 is 0. The highest BCUT2D eigenvalue weighted by Crippen LogP contribution is 2.13. The number of fused-ring (bicyclic) bond motifs is 1. The van der Waals surface area contributed by atoms with Gasteiger partial charge in [0.15, 0.2) is 0 Å².